The molecule has 4 aliphatic rings. The molecule has 3 heterocycles. The molecule has 1 aromatic heterocycles. The first-order chi connectivity index (χ1) is 20.6. The van der Waals surface area contributed by atoms with Gasteiger partial charge < -0.3 is 30.2 Å². The summed E-state index contributed by atoms with van der Waals surface area (Å²) in [5, 5.41) is 3.63. The largest absolute Gasteiger partial charge is 0.492 e. The number of likely N-dealkylation sites (N-methyl/N-ethyl adjacent to an activating group) is 1. The molecule has 2 aliphatic heterocycles. The van der Waals surface area contributed by atoms with Crippen LogP contribution < -0.4 is 11.1 Å². The number of fused-ring (bicyclic) bond motifs is 3. The quantitative estimate of drug-likeness (QED) is 0.265. The smallest absolute Gasteiger partial charge is 0.207 e. The summed E-state index contributed by atoms with van der Waals surface area (Å²) < 4.78 is 19.0. The van der Waals surface area contributed by atoms with E-state index < -0.39 is 0 Å². The SMILES string of the molecule is CN1CC=[N+](c2ccc3nc(C4=CCC5CC(=C4)NC(C4C=CC(OCCOCCOCCN)=CC4)=N5)[nH]c3c2)CC1. The number of aliphatic imine (C=N–C) groups is 1. The zero-order valence-electron chi connectivity index (χ0n) is 24.4. The number of rotatable bonds is 12. The van der Waals surface area contributed by atoms with E-state index in [1.807, 2.05) is 6.08 Å². The van der Waals surface area contributed by atoms with E-state index in [-0.39, 0.29) is 12.0 Å². The van der Waals surface area contributed by atoms with Crippen molar-refractivity contribution in [3.8, 4) is 0 Å². The average molecular weight is 573 g/mol. The zero-order chi connectivity index (χ0) is 28.7. The summed E-state index contributed by atoms with van der Waals surface area (Å²) >= 11 is 0. The normalized spacial score (nSPS) is 22.5. The predicted octanol–water partition coefficient (Wildman–Crippen LogP) is 3.12. The van der Waals surface area contributed by atoms with Gasteiger partial charge in [-0.3, -0.25) is 9.89 Å². The number of hydrogen-bond acceptors (Lipinski definition) is 8. The lowest BCUT2D eigenvalue weighted by Crippen LogP contribution is -2.36. The van der Waals surface area contributed by atoms with Crippen molar-refractivity contribution in [1.29, 1.82) is 0 Å². The van der Waals surface area contributed by atoms with E-state index >= 15 is 0 Å². The van der Waals surface area contributed by atoms with Gasteiger partial charge in [-0.2, -0.15) is 4.58 Å². The number of imidazole rings is 1. The number of allylic oxidation sites excluding steroid dienone is 4. The first kappa shape index (κ1) is 28.5. The molecule has 0 saturated heterocycles. The second kappa shape index (κ2) is 13.6. The highest BCUT2D eigenvalue weighted by atomic mass is 16.5. The minimum absolute atomic E-state index is 0.206. The van der Waals surface area contributed by atoms with Crippen LogP contribution in [-0.2, 0) is 14.2 Å². The van der Waals surface area contributed by atoms with Gasteiger partial charge in [0, 0.05) is 42.3 Å². The highest BCUT2D eigenvalue weighted by molar-refractivity contribution is 5.90. The van der Waals surface area contributed by atoms with Crippen LogP contribution in [-0.4, -0.2) is 104 Å². The van der Waals surface area contributed by atoms with Gasteiger partial charge in [0.2, 0.25) is 5.69 Å². The topological polar surface area (TPSA) is 113 Å². The van der Waals surface area contributed by atoms with Gasteiger partial charge in [0.05, 0.1) is 56.6 Å². The maximum Gasteiger partial charge on any atom is 0.207 e. The summed E-state index contributed by atoms with van der Waals surface area (Å²) in [5.41, 5.74) is 11.0. The van der Waals surface area contributed by atoms with E-state index in [1.165, 1.54) is 11.4 Å². The highest BCUT2D eigenvalue weighted by Gasteiger charge is 2.26. The van der Waals surface area contributed by atoms with Crippen LogP contribution in [0.3, 0.4) is 0 Å². The fourth-order valence-electron chi connectivity index (χ4n) is 5.62. The molecule has 0 radical (unpaired) electrons. The molecule has 0 spiro atoms. The summed E-state index contributed by atoms with van der Waals surface area (Å²) in [5.74, 6) is 3.02. The van der Waals surface area contributed by atoms with Crippen LogP contribution in [0.1, 0.15) is 25.1 Å². The van der Waals surface area contributed by atoms with Gasteiger partial charge in [0.25, 0.3) is 0 Å². The van der Waals surface area contributed by atoms with Gasteiger partial charge in [-0.05, 0) is 44.2 Å². The van der Waals surface area contributed by atoms with Crippen LogP contribution in [0, 0.1) is 5.92 Å². The number of hydrogen-bond donors (Lipinski definition) is 3. The summed E-state index contributed by atoms with van der Waals surface area (Å²) in [6, 6.07) is 6.73. The number of nitrogens with one attached hydrogen (secondary N) is 2. The van der Waals surface area contributed by atoms with Crippen LogP contribution in [0.25, 0.3) is 16.6 Å². The van der Waals surface area contributed by atoms with E-state index in [0.29, 0.717) is 39.6 Å². The molecular weight excluding hydrogens is 530 g/mol. The van der Waals surface area contributed by atoms with Gasteiger partial charge in [-0.15, -0.1) is 0 Å². The Kier molecular flexibility index (Phi) is 9.25. The Labute approximate surface area is 247 Å². The first-order valence-corrected chi connectivity index (χ1v) is 15.1. The van der Waals surface area contributed by atoms with Gasteiger partial charge in [-0.25, -0.2) is 4.98 Å². The predicted molar refractivity (Wildman–Crippen MR) is 166 cm³/mol. The fourth-order valence-corrected chi connectivity index (χ4v) is 5.62. The first-order valence-electron chi connectivity index (χ1n) is 15.1. The Morgan fingerprint density at radius 1 is 1.10 bits per heavy atom. The molecule has 222 valence electrons. The molecule has 10 heteroatoms. The lowest BCUT2D eigenvalue weighted by Gasteiger charge is -2.27. The van der Waals surface area contributed by atoms with Crippen LogP contribution in [0.2, 0.25) is 0 Å². The molecule has 6 rings (SSSR count). The van der Waals surface area contributed by atoms with Crippen molar-refractivity contribution >= 4 is 34.3 Å². The van der Waals surface area contributed by atoms with E-state index in [9.17, 15) is 0 Å². The number of nitrogens with two attached hydrogens (primary N) is 1. The Bertz CT molecular complexity index is 1450. The molecule has 1 aromatic carbocycles. The monoisotopic (exact) mass is 572 g/mol. The van der Waals surface area contributed by atoms with Gasteiger partial charge in [-0.1, -0.05) is 12.2 Å². The van der Waals surface area contributed by atoms with Crippen LogP contribution in [0.15, 0.2) is 65.0 Å². The maximum absolute atomic E-state index is 5.87. The van der Waals surface area contributed by atoms with Crippen LogP contribution in [0.5, 0.6) is 0 Å². The maximum atomic E-state index is 5.87. The molecule has 2 bridgehead atoms. The summed E-state index contributed by atoms with van der Waals surface area (Å²) in [7, 11) is 2.16. The molecule has 42 heavy (non-hydrogen) atoms. The van der Waals surface area contributed by atoms with Crippen LogP contribution >= 0.6 is 0 Å². The third-order valence-corrected chi connectivity index (χ3v) is 7.96. The van der Waals surface area contributed by atoms with Gasteiger partial charge in [0.15, 0.2) is 12.8 Å². The number of aromatic nitrogens is 2. The standard InChI is InChI=1S/C32H42N7O3/c1-38-11-13-39(14-12-38)27-6-9-29-30(22-27)37-32(36-29)24-2-5-25-21-26(20-24)35-31(34-25)23-3-7-28(8-4-23)42-19-18-41-17-16-40-15-10-33/h2-3,6-9,13,20,22-23,25H,4-5,10-12,14-19,21,33H2,1H3,(H,34,35)(H,36,37)/q+1. The fraction of sp³-hybridized carbons (Fsp3) is 0.469. The third-order valence-electron chi connectivity index (χ3n) is 7.96. The Morgan fingerprint density at radius 2 is 1.98 bits per heavy atom. The molecule has 2 unspecified atom stereocenters. The number of ether oxygens (including phenoxy) is 3. The van der Waals surface area contributed by atoms with Gasteiger partial charge in [0.1, 0.15) is 24.0 Å². The van der Waals surface area contributed by atoms with Crippen LogP contribution in [0.4, 0.5) is 5.69 Å². The third kappa shape index (κ3) is 7.07. The molecule has 2 aromatic rings. The van der Waals surface area contributed by atoms with Crippen molar-refractivity contribution in [3.63, 3.8) is 0 Å². The molecule has 2 aliphatic carbocycles. The Morgan fingerprint density at radius 3 is 2.79 bits per heavy atom. The highest BCUT2D eigenvalue weighted by Crippen LogP contribution is 2.30. The molecule has 4 N–H and O–H groups in total. The van der Waals surface area contributed by atoms with Crippen molar-refractivity contribution in [2.24, 2.45) is 16.6 Å². The van der Waals surface area contributed by atoms with Gasteiger partial charge >= 0.3 is 0 Å². The summed E-state index contributed by atoms with van der Waals surface area (Å²) in [6.07, 6.45) is 15.8. The molecule has 0 fully saturated rings. The Balaban J connectivity index is 1.04. The number of amidine groups is 1. The Hall–Kier alpha value is -3.57. The number of nitrogens with zero attached hydrogens (tertiary/aromatic N) is 4. The average Bonchev–Trinajstić information content (AvgIpc) is 3.38. The number of aromatic amines is 1. The second-order valence-electron chi connectivity index (χ2n) is 11.2. The zero-order valence-corrected chi connectivity index (χ0v) is 24.4. The lowest BCUT2D eigenvalue weighted by molar-refractivity contribution is -0.442. The van der Waals surface area contributed by atoms with Crippen molar-refractivity contribution in [2.75, 3.05) is 66.3 Å². The molecule has 10 nitrogen and oxygen atoms in total. The van der Waals surface area contributed by atoms with E-state index in [1.54, 1.807) is 0 Å². The number of benzene rings is 1. The molecule has 2 atom stereocenters. The minimum atomic E-state index is 0.206. The summed E-state index contributed by atoms with van der Waals surface area (Å²) in [4.78, 5) is 15.9. The summed E-state index contributed by atoms with van der Waals surface area (Å²) in [6.45, 7) is 6.26. The van der Waals surface area contributed by atoms with Crippen molar-refractivity contribution in [2.45, 2.75) is 25.3 Å². The van der Waals surface area contributed by atoms with Crippen molar-refractivity contribution < 1.29 is 18.8 Å². The molecule has 0 saturated carbocycles. The molecular formula is C32H42N7O3+. The number of H-pyrrole nitrogens is 1. The molecule has 0 amide bonds. The van der Waals surface area contributed by atoms with E-state index in [4.69, 9.17) is 29.9 Å². The van der Waals surface area contributed by atoms with E-state index in [0.717, 1.165) is 72.9 Å². The lowest BCUT2D eigenvalue weighted by atomic mass is 9.96. The second-order valence-corrected chi connectivity index (χ2v) is 11.2. The minimum Gasteiger partial charge on any atom is -0.492 e. The van der Waals surface area contributed by atoms with Crippen molar-refractivity contribution in [3.05, 3.63) is 65.9 Å². The van der Waals surface area contributed by atoms with E-state index in [2.05, 4.69) is 75.5 Å². The van der Waals surface area contributed by atoms with Crippen molar-refractivity contribution in [1.82, 2.24) is 20.2 Å².